The Morgan fingerprint density at radius 2 is 1.76 bits per heavy atom. The highest BCUT2D eigenvalue weighted by Gasteiger charge is 2.16. The maximum Gasteiger partial charge on any atom is 0.260 e. The monoisotopic (exact) mass is 393 g/mol. The summed E-state index contributed by atoms with van der Waals surface area (Å²) in [4.78, 5) is 12.8. The number of aromatic nitrogens is 2. The van der Waals surface area contributed by atoms with Crippen molar-refractivity contribution in [2.75, 3.05) is 19.5 Å². The van der Waals surface area contributed by atoms with E-state index in [0.717, 1.165) is 5.56 Å². The van der Waals surface area contributed by atoms with Gasteiger partial charge in [-0.2, -0.15) is 5.10 Å². The van der Waals surface area contributed by atoms with Crippen molar-refractivity contribution in [3.63, 3.8) is 0 Å². The molecule has 0 bridgehead atoms. The highest BCUT2D eigenvalue weighted by molar-refractivity contribution is 6.06. The van der Waals surface area contributed by atoms with Crippen molar-refractivity contribution < 1.29 is 14.3 Å². The van der Waals surface area contributed by atoms with Crippen molar-refractivity contribution in [1.29, 1.82) is 0 Å². The van der Waals surface area contributed by atoms with Crippen LogP contribution in [0.3, 0.4) is 0 Å². The molecule has 1 heterocycles. The van der Waals surface area contributed by atoms with Gasteiger partial charge in [0.15, 0.2) is 0 Å². The van der Waals surface area contributed by atoms with Crippen LogP contribution in [0.25, 0.3) is 0 Å². The molecule has 29 heavy (non-hydrogen) atoms. The molecule has 0 saturated carbocycles. The van der Waals surface area contributed by atoms with Crippen LogP contribution in [0.4, 0.5) is 5.82 Å². The molecule has 0 aliphatic heterocycles. The van der Waals surface area contributed by atoms with Gasteiger partial charge < -0.3 is 14.8 Å². The second-order valence-corrected chi connectivity index (χ2v) is 7.84. The highest BCUT2D eigenvalue weighted by atomic mass is 16.5. The van der Waals surface area contributed by atoms with Crippen molar-refractivity contribution in [2.45, 2.75) is 32.7 Å². The van der Waals surface area contributed by atoms with Gasteiger partial charge in [-0.1, -0.05) is 45.0 Å². The summed E-state index contributed by atoms with van der Waals surface area (Å²) in [6.45, 7) is 7.13. The third kappa shape index (κ3) is 4.77. The standard InChI is InChI=1S/C23H27N3O3/c1-23(2,3)17-8-6-16(7-9-17)15-26-21(12-13-24-26)25-22(27)19-14-18(28-4)10-11-20(19)29-5/h6-14H,15H2,1-5H3,(H,25,27). The molecule has 0 atom stereocenters. The van der Waals surface area contributed by atoms with E-state index in [0.29, 0.717) is 29.4 Å². The lowest BCUT2D eigenvalue weighted by molar-refractivity contribution is 0.102. The number of carbonyl (C=O) groups is 1. The topological polar surface area (TPSA) is 65.4 Å². The minimum absolute atomic E-state index is 0.110. The molecule has 0 fully saturated rings. The predicted molar refractivity (Wildman–Crippen MR) is 114 cm³/mol. The molecule has 0 aliphatic carbocycles. The lowest BCUT2D eigenvalue weighted by atomic mass is 9.87. The summed E-state index contributed by atoms with van der Waals surface area (Å²) in [6.07, 6.45) is 1.67. The third-order valence-corrected chi connectivity index (χ3v) is 4.76. The lowest BCUT2D eigenvalue weighted by Gasteiger charge is -2.19. The van der Waals surface area contributed by atoms with Gasteiger partial charge in [0.05, 0.1) is 32.5 Å². The molecule has 2 aromatic carbocycles. The second kappa shape index (κ2) is 8.39. The summed E-state index contributed by atoms with van der Waals surface area (Å²) in [5.74, 6) is 1.39. The fraction of sp³-hybridized carbons (Fsp3) is 0.304. The molecule has 0 radical (unpaired) electrons. The first-order chi connectivity index (χ1) is 13.8. The summed E-state index contributed by atoms with van der Waals surface area (Å²) < 4.78 is 12.3. The normalized spacial score (nSPS) is 11.2. The summed E-state index contributed by atoms with van der Waals surface area (Å²) in [5.41, 5.74) is 2.89. The van der Waals surface area contributed by atoms with E-state index in [1.54, 1.807) is 42.3 Å². The van der Waals surface area contributed by atoms with Gasteiger partial charge in [0, 0.05) is 6.07 Å². The quantitative estimate of drug-likeness (QED) is 0.670. The fourth-order valence-electron chi connectivity index (χ4n) is 3.02. The SMILES string of the molecule is COc1ccc(OC)c(C(=O)Nc2ccnn2Cc2ccc(C(C)(C)C)cc2)c1. The van der Waals surface area contributed by atoms with Crippen molar-refractivity contribution in [3.8, 4) is 11.5 Å². The maximum absolute atomic E-state index is 12.8. The van der Waals surface area contributed by atoms with Gasteiger partial charge in [-0.05, 0) is 34.7 Å². The summed E-state index contributed by atoms with van der Waals surface area (Å²) in [5, 5.41) is 7.27. The van der Waals surface area contributed by atoms with Gasteiger partial charge in [0.2, 0.25) is 0 Å². The van der Waals surface area contributed by atoms with E-state index < -0.39 is 0 Å². The molecule has 6 nitrogen and oxygen atoms in total. The van der Waals surface area contributed by atoms with E-state index in [2.05, 4.69) is 55.5 Å². The Morgan fingerprint density at radius 3 is 2.38 bits per heavy atom. The minimum atomic E-state index is -0.286. The number of nitrogens with zero attached hydrogens (tertiary/aromatic N) is 2. The van der Waals surface area contributed by atoms with Crippen LogP contribution < -0.4 is 14.8 Å². The summed E-state index contributed by atoms with van der Waals surface area (Å²) in [6, 6.07) is 15.4. The maximum atomic E-state index is 12.8. The molecule has 0 saturated heterocycles. The Kier molecular flexibility index (Phi) is 5.92. The second-order valence-electron chi connectivity index (χ2n) is 7.84. The first-order valence-electron chi connectivity index (χ1n) is 9.46. The van der Waals surface area contributed by atoms with E-state index in [4.69, 9.17) is 9.47 Å². The number of methoxy groups -OCH3 is 2. The van der Waals surface area contributed by atoms with Crippen molar-refractivity contribution in [1.82, 2.24) is 9.78 Å². The van der Waals surface area contributed by atoms with Crippen molar-refractivity contribution in [3.05, 3.63) is 71.4 Å². The number of anilines is 1. The van der Waals surface area contributed by atoms with E-state index in [9.17, 15) is 4.79 Å². The van der Waals surface area contributed by atoms with Gasteiger partial charge >= 0.3 is 0 Å². The number of nitrogens with one attached hydrogen (secondary N) is 1. The first-order valence-corrected chi connectivity index (χ1v) is 9.46. The van der Waals surface area contributed by atoms with Crippen LogP contribution >= 0.6 is 0 Å². The van der Waals surface area contributed by atoms with Gasteiger partial charge in [-0.25, -0.2) is 4.68 Å². The van der Waals surface area contributed by atoms with Crippen LogP contribution in [0.1, 0.15) is 42.3 Å². The average molecular weight is 393 g/mol. The van der Waals surface area contributed by atoms with E-state index in [1.165, 1.54) is 12.7 Å². The predicted octanol–water partition coefficient (Wildman–Crippen LogP) is 4.50. The highest BCUT2D eigenvalue weighted by Crippen LogP contribution is 2.25. The number of ether oxygens (including phenoxy) is 2. The Morgan fingerprint density at radius 1 is 1.03 bits per heavy atom. The van der Waals surface area contributed by atoms with Gasteiger partial charge in [-0.3, -0.25) is 4.79 Å². The number of carbonyl (C=O) groups excluding carboxylic acids is 1. The number of hydrogen-bond acceptors (Lipinski definition) is 4. The van der Waals surface area contributed by atoms with Gasteiger partial charge in [0.25, 0.3) is 5.91 Å². The molecule has 1 N–H and O–H groups in total. The molecule has 6 heteroatoms. The van der Waals surface area contributed by atoms with Crippen LogP contribution in [-0.4, -0.2) is 29.9 Å². The number of rotatable bonds is 6. The summed E-state index contributed by atoms with van der Waals surface area (Å²) >= 11 is 0. The zero-order chi connectivity index (χ0) is 21.0. The average Bonchev–Trinajstić information content (AvgIpc) is 3.13. The van der Waals surface area contributed by atoms with Crippen LogP contribution in [0.2, 0.25) is 0 Å². The molecular formula is C23H27N3O3. The zero-order valence-electron chi connectivity index (χ0n) is 17.5. The van der Waals surface area contributed by atoms with Gasteiger partial charge in [0.1, 0.15) is 17.3 Å². The molecule has 3 rings (SSSR count). The Labute approximate surface area is 171 Å². The van der Waals surface area contributed by atoms with Crippen molar-refractivity contribution in [2.24, 2.45) is 0 Å². The molecule has 0 spiro atoms. The molecule has 152 valence electrons. The Bertz CT molecular complexity index is 985. The fourth-order valence-corrected chi connectivity index (χ4v) is 3.02. The molecule has 0 unspecified atom stereocenters. The number of amides is 1. The van der Waals surface area contributed by atoms with Crippen LogP contribution in [0.15, 0.2) is 54.7 Å². The van der Waals surface area contributed by atoms with Crippen LogP contribution in [0.5, 0.6) is 11.5 Å². The molecule has 1 aromatic heterocycles. The first kappa shape index (κ1) is 20.5. The molecule has 1 amide bonds. The van der Waals surface area contributed by atoms with E-state index in [1.807, 2.05) is 0 Å². The van der Waals surface area contributed by atoms with E-state index in [-0.39, 0.29) is 11.3 Å². The Hall–Kier alpha value is -3.28. The Balaban J connectivity index is 1.78. The third-order valence-electron chi connectivity index (χ3n) is 4.76. The van der Waals surface area contributed by atoms with Gasteiger partial charge in [-0.15, -0.1) is 0 Å². The minimum Gasteiger partial charge on any atom is -0.497 e. The smallest absolute Gasteiger partial charge is 0.260 e. The number of benzene rings is 2. The van der Waals surface area contributed by atoms with E-state index >= 15 is 0 Å². The van der Waals surface area contributed by atoms with Crippen LogP contribution in [0, 0.1) is 0 Å². The molecule has 0 aliphatic rings. The van der Waals surface area contributed by atoms with Crippen LogP contribution in [-0.2, 0) is 12.0 Å². The number of hydrogen-bond donors (Lipinski definition) is 1. The molecular weight excluding hydrogens is 366 g/mol. The zero-order valence-corrected chi connectivity index (χ0v) is 17.5. The van der Waals surface area contributed by atoms with Crippen molar-refractivity contribution >= 4 is 11.7 Å². The largest absolute Gasteiger partial charge is 0.497 e. The molecule has 3 aromatic rings. The lowest BCUT2D eigenvalue weighted by Crippen LogP contribution is -2.17. The summed E-state index contributed by atoms with van der Waals surface area (Å²) in [7, 11) is 3.09.